The van der Waals surface area contributed by atoms with Crippen LogP contribution in [0.1, 0.15) is 0 Å². The Morgan fingerprint density at radius 3 is 2.35 bits per heavy atom. The molecule has 0 bridgehead atoms. The SMILES string of the molecule is O=S(=O)(Oc1ncn(-c2ccc(O)cc2)n1)C(F)(F)F. The lowest BCUT2D eigenvalue weighted by Crippen LogP contribution is -2.28. The van der Waals surface area contributed by atoms with Crippen LogP contribution < -0.4 is 4.18 Å². The number of benzene rings is 1. The van der Waals surface area contributed by atoms with Crippen LogP contribution in [0.4, 0.5) is 13.2 Å². The summed E-state index contributed by atoms with van der Waals surface area (Å²) in [7, 11) is -5.80. The van der Waals surface area contributed by atoms with Crippen LogP contribution in [0, 0.1) is 0 Å². The average molecular weight is 309 g/mol. The monoisotopic (exact) mass is 309 g/mol. The Bertz CT molecular complexity index is 709. The summed E-state index contributed by atoms with van der Waals surface area (Å²) in [5, 5.41) is 12.5. The van der Waals surface area contributed by atoms with Crippen molar-refractivity contribution in [3.8, 4) is 17.4 Å². The van der Waals surface area contributed by atoms with Crippen LogP contribution in [0.2, 0.25) is 0 Å². The highest BCUT2D eigenvalue weighted by atomic mass is 32.2. The predicted molar refractivity (Wildman–Crippen MR) is 58.6 cm³/mol. The van der Waals surface area contributed by atoms with E-state index in [1.165, 1.54) is 24.3 Å². The molecule has 0 radical (unpaired) electrons. The van der Waals surface area contributed by atoms with E-state index >= 15 is 0 Å². The van der Waals surface area contributed by atoms with Gasteiger partial charge in [-0.3, -0.25) is 0 Å². The molecule has 1 aromatic heterocycles. The van der Waals surface area contributed by atoms with Crippen molar-refractivity contribution in [3.63, 3.8) is 0 Å². The van der Waals surface area contributed by atoms with Crippen molar-refractivity contribution < 1.29 is 30.9 Å². The molecule has 1 N–H and O–H groups in total. The molecule has 0 aliphatic carbocycles. The van der Waals surface area contributed by atoms with Gasteiger partial charge in [0.1, 0.15) is 12.1 Å². The second-order valence-corrected chi connectivity index (χ2v) is 5.01. The van der Waals surface area contributed by atoms with Crippen LogP contribution in [-0.2, 0) is 10.1 Å². The quantitative estimate of drug-likeness (QED) is 0.676. The van der Waals surface area contributed by atoms with Gasteiger partial charge >= 0.3 is 21.6 Å². The summed E-state index contributed by atoms with van der Waals surface area (Å²) in [5.74, 6) is -0.0232. The maximum absolute atomic E-state index is 12.1. The maximum atomic E-state index is 12.1. The Labute approximate surface area is 110 Å². The van der Waals surface area contributed by atoms with E-state index in [9.17, 15) is 21.6 Å². The number of alkyl halides is 3. The molecule has 0 unspecified atom stereocenters. The highest BCUT2D eigenvalue weighted by molar-refractivity contribution is 7.87. The standard InChI is InChI=1S/C9H6F3N3O4S/c10-9(11,12)20(17,18)19-8-13-5-15(14-8)6-1-3-7(16)4-2-6/h1-5,16H. The number of rotatable bonds is 3. The van der Waals surface area contributed by atoms with Crippen molar-refractivity contribution in [1.82, 2.24) is 14.8 Å². The molecule has 7 nitrogen and oxygen atoms in total. The summed E-state index contributed by atoms with van der Waals surface area (Å²) >= 11 is 0. The van der Waals surface area contributed by atoms with Gasteiger partial charge in [0, 0.05) is 0 Å². The number of hydrogen-bond donors (Lipinski definition) is 1. The lowest BCUT2D eigenvalue weighted by Gasteiger charge is -2.05. The molecule has 20 heavy (non-hydrogen) atoms. The first kappa shape index (κ1) is 14.1. The fourth-order valence-corrected chi connectivity index (χ4v) is 1.53. The van der Waals surface area contributed by atoms with E-state index in [1.54, 1.807) is 0 Å². The highest BCUT2D eigenvalue weighted by Crippen LogP contribution is 2.25. The second-order valence-electron chi connectivity index (χ2n) is 3.47. The predicted octanol–water partition coefficient (Wildman–Crippen LogP) is 1.20. The molecule has 1 heterocycles. The molecule has 2 aromatic rings. The Morgan fingerprint density at radius 1 is 1.20 bits per heavy atom. The molecule has 2 rings (SSSR count). The minimum absolute atomic E-state index is 0.0232. The van der Waals surface area contributed by atoms with Gasteiger partial charge in [-0.05, 0) is 24.3 Å². The van der Waals surface area contributed by atoms with Crippen LogP contribution in [0.15, 0.2) is 30.6 Å². The third kappa shape index (κ3) is 2.82. The van der Waals surface area contributed by atoms with Gasteiger partial charge in [-0.15, -0.1) is 5.10 Å². The maximum Gasteiger partial charge on any atom is 0.534 e. The fraction of sp³-hybridized carbons (Fsp3) is 0.111. The highest BCUT2D eigenvalue weighted by Gasteiger charge is 2.49. The zero-order valence-corrected chi connectivity index (χ0v) is 10.3. The second kappa shape index (κ2) is 4.67. The summed E-state index contributed by atoms with van der Waals surface area (Å²) in [6.07, 6.45) is 0.966. The van der Waals surface area contributed by atoms with Crippen molar-refractivity contribution in [2.24, 2.45) is 0 Å². The van der Waals surface area contributed by atoms with E-state index in [0.29, 0.717) is 5.69 Å². The van der Waals surface area contributed by atoms with Crippen LogP contribution in [0.25, 0.3) is 5.69 Å². The molecule has 0 aliphatic rings. The van der Waals surface area contributed by atoms with E-state index in [-0.39, 0.29) is 5.75 Å². The van der Waals surface area contributed by atoms with Crippen LogP contribution >= 0.6 is 0 Å². The first-order chi connectivity index (χ1) is 9.19. The largest absolute Gasteiger partial charge is 0.534 e. The molecule has 11 heteroatoms. The van der Waals surface area contributed by atoms with Crippen molar-refractivity contribution in [3.05, 3.63) is 30.6 Å². The van der Waals surface area contributed by atoms with E-state index in [1.807, 2.05) is 0 Å². The molecule has 0 atom stereocenters. The molecule has 108 valence electrons. The summed E-state index contributed by atoms with van der Waals surface area (Å²) in [4.78, 5) is 3.30. The average Bonchev–Trinajstić information content (AvgIpc) is 2.76. The molecule has 0 saturated carbocycles. The van der Waals surface area contributed by atoms with Gasteiger partial charge in [0.2, 0.25) is 0 Å². The van der Waals surface area contributed by atoms with E-state index < -0.39 is 21.6 Å². The minimum Gasteiger partial charge on any atom is -0.508 e. The number of phenolic OH excluding ortho intramolecular Hbond substituents is 1. The Morgan fingerprint density at radius 2 is 1.80 bits per heavy atom. The minimum atomic E-state index is -5.80. The van der Waals surface area contributed by atoms with Gasteiger partial charge in [-0.1, -0.05) is 0 Å². The molecule has 1 aromatic carbocycles. The Hall–Kier alpha value is -2.30. The van der Waals surface area contributed by atoms with Gasteiger partial charge in [0.15, 0.2) is 0 Å². The molecule has 0 fully saturated rings. The topological polar surface area (TPSA) is 94.3 Å². The smallest absolute Gasteiger partial charge is 0.508 e. The van der Waals surface area contributed by atoms with Gasteiger partial charge < -0.3 is 9.29 Å². The van der Waals surface area contributed by atoms with Gasteiger partial charge in [-0.2, -0.15) is 26.6 Å². The third-order valence-corrected chi connectivity index (χ3v) is 2.99. The summed E-state index contributed by atoms with van der Waals surface area (Å²) in [5.41, 5.74) is -5.22. The number of phenols is 1. The molecule has 0 aliphatic heterocycles. The van der Waals surface area contributed by atoms with Crippen LogP contribution in [0.3, 0.4) is 0 Å². The first-order valence-corrected chi connectivity index (χ1v) is 6.32. The van der Waals surface area contributed by atoms with E-state index in [0.717, 1.165) is 11.0 Å². The van der Waals surface area contributed by atoms with Gasteiger partial charge in [0.05, 0.1) is 5.69 Å². The van der Waals surface area contributed by atoms with Crippen molar-refractivity contribution in [1.29, 1.82) is 0 Å². The van der Waals surface area contributed by atoms with E-state index in [2.05, 4.69) is 14.3 Å². The third-order valence-electron chi connectivity index (χ3n) is 2.05. The number of aromatic nitrogens is 3. The fourth-order valence-electron chi connectivity index (χ4n) is 1.16. The number of nitrogens with zero attached hydrogens (tertiary/aromatic N) is 3. The first-order valence-electron chi connectivity index (χ1n) is 4.91. The summed E-state index contributed by atoms with van der Waals surface area (Å²) in [6.45, 7) is 0. The van der Waals surface area contributed by atoms with Crippen molar-refractivity contribution >= 4 is 10.1 Å². The van der Waals surface area contributed by atoms with Crippen LogP contribution in [0.5, 0.6) is 11.8 Å². The van der Waals surface area contributed by atoms with Crippen molar-refractivity contribution in [2.75, 3.05) is 0 Å². The zero-order chi connectivity index (χ0) is 15.0. The molecule has 0 amide bonds. The lowest BCUT2D eigenvalue weighted by molar-refractivity contribution is -0.0502. The van der Waals surface area contributed by atoms with Crippen LogP contribution in [-0.4, -0.2) is 33.8 Å². The number of halogens is 3. The van der Waals surface area contributed by atoms with Gasteiger partial charge in [0.25, 0.3) is 0 Å². The Balaban J connectivity index is 2.24. The number of aromatic hydroxyl groups is 1. The molecular formula is C9H6F3N3O4S. The zero-order valence-electron chi connectivity index (χ0n) is 9.44. The Kier molecular flexibility index (Phi) is 3.29. The lowest BCUT2D eigenvalue weighted by atomic mass is 10.3. The summed E-state index contributed by atoms with van der Waals surface area (Å²) < 4.78 is 62.5. The molecule has 0 spiro atoms. The molecular weight excluding hydrogens is 303 g/mol. The van der Waals surface area contributed by atoms with Crippen molar-refractivity contribution in [2.45, 2.75) is 5.51 Å². The van der Waals surface area contributed by atoms with E-state index in [4.69, 9.17) is 5.11 Å². The molecule has 0 saturated heterocycles. The normalized spacial score (nSPS) is 12.3. The number of hydrogen-bond acceptors (Lipinski definition) is 6. The summed E-state index contributed by atoms with van der Waals surface area (Å²) in [6, 6.07) is 4.45. The van der Waals surface area contributed by atoms with Gasteiger partial charge in [-0.25, -0.2) is 4.68 Å².